The highest BCUT2D eigenvalue weighted by atomic mass is 16.6. The fraction of sp³-hybridized carbons (Fsp3) is 0.143. The number of nitrogens with one attached hydrogen (secondary N) is 2. The number of rotatable bonds is 5. The van der Waals surface area contributed by atoms with Crippen LogP contribution in [0, 0.1) is 42.2 Å². The van der Waals surface area contributed by atoms with Crippen LogP contribution in [0.1, 0.15) is 22.3 Å². The van der Waals surface area contributed by atoms with Crippen molar-refractivity contribution in [2.75, 3.05) is 10.6 Å². The molecule has 1 aromatic heterocycles. The van der Waals surface area contributed by atoms with Crippen LogP contribution in [0.5, 0.6) is 0 Å². The summed E-state index contributed by atoms with van der Waals surface area (Å²) in [6.45, 7) is 6.04. The van der Waals surface area contributed by atoms with Crippen LogP contribution in [-0.4, -0.2) is 9.91 Å². The zero-order chi connectivity index (χ0) is 20.3. The van der Waals surface area contributed by atoms with E-state index in [1.54, 1.807) is 30.3 Å². The Kier molecular flexibility index (Phi) is 5.23. The summed E-state index contributed by atoms with van der Waals surface area (Å²) in [5, 5.41) is 26.5. The van der Waals surface area contributed by atoms with E-state index in [-0.39, 0.29) is 11.5 Å². The Balaban J connectivity index is 1.95. The van der Waals surface area contributed by atoms with Crippen molar-refractivity contribution >= 4 is 28.7 Å². The van der Waals surface area contributed by atoms with Gasteiger partial charge in [-0.1, -0.05) is 17.7 Å². The van der Waals surface area contributed by atoms with Gasteiger partial charge in [0.15, 0.2) is 0 Å². The van der Waals surface area contributed by atoms with E-state index in [2.05, 4.69) is 27.8 Å². The molecule has 7 nitrogen and oxygen atoms in total. The predicted molar refractivity (Wildman–Crippen MR) is 109 cm³/mol. The SMILES string of the molecule is Cc1cc(C)c(Nc2ccc([N+](=O)[O-])c(Nc3ccc(C#N)cc3)n2)c(C)c1. The largest absolute Gasteiger partial charge is 0.340 e. The zero-order valence-electron chi connectivity index (χ0n) is 15.8. The van der Waals surface area contributed by atoms with Crippen molar-refractivity contribution in [3.8, 4) is 6.07 Å². The highest BCUT2D eigenvalue weighted by molar-refractivity contribution is 5.71. The van der Waals surface area contributed by atoms with E-state index < -0.39 is 4.92 Å². The van der Waals surface area contributed by atoms with Crippen LogP contribution in [-0.2, 0) is 0 Å². The Morgan fingerprint density at radius 1 is 1.00 bits per heavy atom. The van der Waals surface area contributed by atoms with E-state index in [0.29, 0.717) is 17.1 Å². The molecular formula is C21H19N5O2. The van der Waals surface area contributed by atoms with Crippen LogP contribution in [0.2, 0.25) is 0 Å². The number of hydrogen-bond acceptors (Lipinski definition) is 6. The molecule has 0 bridgehead atoms. The summed E-state index contributed by atoms with van der Waals surface area (Å²) in [5.41, 5.74) is 5.21. The molecule has 2 N–H and O–H groups in total. The maximum Gasteiger partial charge on any atom is 0.311 e. The van der Waals surface area contributed by atoms with Gasteiger partial charge in [-0.15, -0.1) is 0 Å². The molecule has 0 atom stereocenters. The minimum Gasteiger partial charge on any atom is -0.340 e. The molecule has 1 heterocycles. The number of nitro groups is 1. The molecule has 0 aliphatic heterocycles. The molecule has 3 rings (SSSR count). The van der Waals surface area contributed by atoms with Gasteiger partial charge in [0.1, 0.15) is 5.82 Å². The Hall–Kier alpha value is -3.92. The van der Waals surface area contributed by atoms with Crippen molar-refractivity contribution < 1.29 is 4.92 Å². The number of aromatic nitrogens is 1. The standard InChI is InChI=1S/C21H19N5O2/c1-13-10-14(2)20(15(3)11-13)24-19-9-8-18(26(27)28)21(25-19)23-17-6-4-16(12-22)5-7-17/h4-11H,1-3H3,(H2,23,24,25). The van der Waals surface area contributed by atoms with Crippen molar-refractivity contribution in [1.82, 2.24) is 4.98 Å². The maximum absolute atomic E-state index is 11.4. The summed E-state index contributed by atoms with van der Waals surface area (Å²) < 4.78 is 0. The van der Waals surface area contributed by atoms with E-state index in [0.717, 1.165) is 16.8 Å². The van der Waals surface area contributed by atoms with E-state index in [1.165, 1.54) is 11.6 Å². The second-order valence-electron chi connectivity index (χ2n) is 6.53. The average Bonchev–Trinajstić information content (AvgIpc) is 2.65. The quantitative estimate of drug-likeness (QED) is 0.466. The fourth-order valence-corrected chi connectivity index (χ4v) is 3.03. The highest BCUT2D eigenvalue weighted by Gasteiger charge is 2.17. The van der Waals surface area contributed by atoms with Crippen LogP contribution in [0.3, 0.4) is 0 Å². The lowest BCUT2D eigenvalue weighted by atomic mass is 10.1. The second kappa shape index (κ2) is 7.76. The minimum absolute atomic E-state index is 0.127. The minimum atomic E-state index is -0.481. The van der Waals surface area contributed by atoms with Gasteiger partial charge in [-0.3, -0.25) is 10.1 Å². The molecule has 0 aliphatic rings. The smallest absolute Gasteiger partial charge is 0.311 e. The van der Waals surface area contributed by atoms with E-state index in [9.17, 15) is 10.1 Å². The summed E-state index contributed by atoms with van der Waals surface area (Å²) >= 11 is 0. The Bertz CT molecular complexity index is 1060. The van der Waals surface area contributed by atoms with Crippen molar-refractivity contribution in [2.45, 2.75) is 20.8 Å². The summed E-state index contributed by atoms with van der Waals surface area (Å²) in [7, 11) is 0. The molecule has 0 radical (unpaired) electrons. The molecule has 2 aromatic carbocycles. The monoisotopic (exact) mass is 373 g/mol. The summed E-state index contributed by atoms with van der Waals surface area (Å²) in [5.74, 6) is 0.624. The number of anilines is 4. The van der Waals surface area contributed by atoms with Crippen LogP contribution >= 0.6 is 0 Å². The first-order valence-corrected chi connectivity index (χ1v) is 8.65. The van der Waals surface area contributed by atoms with Gasteiger partial charge in [0.2, 0.25) is 5.82 Å². The van der Waals surface area contributed by atoms with Gasteiger partial charge < -0.3 is 10.6 Å². The number of nitriles is 1. The van der Waals surface area contributed by atoms with E-state index in [1.807, 2.05) is 26.8 Å². The topological polar surface area (TPSA) is 104 Å². The first kappa shape index (κ1) is 18.9. The van der Waals surface area contributed by atoms with Crippen LogP contribution in [0.4, 0.5) is 28.7 Å². The van der Waals surface area contributed by atoms with E-state index >= 15 is 0 Å². The summed E-state index contributed by atoms with van der Waals surface area (Å²) in [6.07, 6.45) is 0. The van der Waals surface area contributed by atoms with Crippen molar-refractivity contribution in [1.29, 1.82) is 5.26 Å². The molecule has 7 heteroatoms. The maximum atomic E-state index is 11.4. The molecule has 0 unspecified atom stereocenters. The lowest BCUT2D eigenvalue weighted by Gasteiger charge is -2.14. The number of hydrogen-bond donors (Lipinski definition) is 2. The lowest BCUT2D eigenvalue weighted by Crippen LogP contribution is -2.04. The highest BCUT2D eigenvalue weighted by Crippen LogP contribution is 2.30. The fourth-order valence-electron chi connectivity index (χ4n) is 3.03. The van der Waals surface area contributed by atoms with Gasteiger partial charge in [-0.25, -0.2) is 4.98 Å². The van der Waals surface area contributed by atoms with Gasteiger partial charge in [0.25, 0.3) is 0 Å². The van der Waals surface area contributed by atoms with Gasteiger partial charge in [0.05, 0.1) is 16.6 Å². The van der Waals surface area contributed by atoms with Gasteiger partial charge in [0, 0.05) is 17.4 Å². The van der Waals surface area contributed by atoms with Crippen LogP contribution in [0.25, 0.3) is 0 Å². The Labute approximate surface area is 162 Å². The van der Waals surface area contributed by atoms with Crippen molar-refractivity contribution in [3.05, 3.63) is 80.9 Å². The van der Waals surface area contributed by atoms with Gasteiger partial charge in [-0.2, -0.15) is 5.26 Å². The number of benzene rings is 2. The third-order valence-electron chi connectivity index (χ3n) is 4.28. The zero-order valence-corrected chi connectivity index (χ0v) is 15.8. The predicted octanol–water partition coefficient (Wildman–Crippen LogP) is 5.27. The molecular weight excluding hydrogens is 354 g/mol. The molecule has 140 valence electrons. The van der Waals surface area contributed by atoms with Gasteiger partial charge in [-0.05, 0) is 62.2 Å². The molecule has 0 saturated carbocycles. The summed E-state index contributed by atoms with van der Waals surface area (Å²) in [6, 6.07) is 15.8. The van der Waals surface area contributed by atoms with Gasteiger partial charge >= 0.3 is 5.69 Å². The van der Waals surface area contributed by atoms with Crippen molar-refractivity contribution in [2.24, 2.45) is 0 Å². The Morgan fingerprint density at radius 3 is 2.21 bits per heavy atom. The third-order valence-corrected chi connectivity index (χ3v) is 4.28. The molecule has 3 aromatic rings. The van der Waals surface area contributed by atoms with Crippen molar-refractivity contribution in [3.63, 3.8) is 0 Å². The lowest BCUT2D eigenvalue weighted by molar-refractivity contribution is -0.384. The molecule has 28 heavy (non-hydrogen) atoms. The normalized spacial score (nSPS) is 10.2. The molecule has 0 fully saturated rings. The second-order valence-corrected chi connectivity index (χ2v) is 6.53. The average molecular weight is 373 g/mol. The molecule has 0 spiro atoms. The number of nitrogens with zero attached hydrogens (tertiary/aromatic N) is 3. The first-order chi connectivity index (χ1) is 13.4. The number of aryl methyl sites for hydroxylation is 3. The Morgan fingerprint density at radius 2 is 1.64 bits per heavy atom. The van der Waals surface area contributed by atoms with Crippen LogP contribution < -0.4 is 10.6 Å². The molecule has 0 saturated heterocycles. The number of pyridine rings is 1. The summed E-state index contributed by atoms with van der Waals surface area (Å²) in [4.78, 5) is 15.3. The van der Waals surface area contributed by atoms with Crippen LogP contribution in [0.15, 0.2) is 48.5 Å². The molecule has 0 amide bonds. The van der Waals surface area contributed by atoms with E-state index in [4.69, 9.17) is 5.26 Å². The third kappa shape index (κ3) is 4.07. The molecule has 0 aliphatic carbocycles. The first-order valence-electron chi connectivity index (χ1n) is 8.65.